The van der Waals surface area contributed by atoms with E-state index in [1.54, 1.807) is 35.4 Å². The fraction of sp³-hybridized carbons (Fsp3) is 0.294. The molecule has 128 valence electrons. The molecule has 1 saturated heterocycles. The van der Waals surface area contributed by atoms with Crippen molar-refractivity contribution in [3.8, 4) is 0 Å². The summed E-state index contributed by atoms with van der Waals surface area (Å²) in [5.41, 5.74) is 2.55. The topological polar surface area (TPSA) is 104 Å². The number of benzene rings is 1. The molecule has 4 rings (SSSR count). The molecule has 0 saturated carbocycles. The highest BCUT2D eigenvalue weighted by Crippen LogP contribution is 2.21. The third-order valence-corrected chi connectivity index (χ3v) is 4.44. The molecular formula is C17H17N5O3. The Morgan fingerprint density at radius 1 is 1.40 bits per heavy atom. The van der Waals surface area contributed by atoms with E-state index in [1.807, 2.05) is 6.92 Å². The summed E-state index contributed by atoms with van der Waals surface area (Å²) in [5, 5.41) is 13.4. The quantitative estimate of drug-likeness (QED) is 0.750. The maximum Gasteiger partial charge on any atom is 0.289 e. The summed E-state index contributed by atoms with van der Waals surface area (Å²) in [6.07, 6.45) is 2.40. The smallest absolute Gasteiger partial charge is 0.289 e. The number of amides is 2. The van der Waals surface area contributed by atoms with E-state index in [0.717, 1.165) is 12.0 Å². The molecule has 2 amide bonds. The van der Waals surface area contributed by atoms with Crippen molar-refractivity contribution in [3.05, 3.63) is 47.4 Å². The third-order valence-electron chi connectivity index (χ3n) is 4.44. The van der Waals surface area contributed by atoms with Gasteiger partial charge in [-0.2, -0.15) is 15.4 Å². The minimum atomic E-state index is -0.229. The number of rotatable bonds is 4. The average molecular weight is 339 g/mol. The first-order valence-corrected chi connectivity index (χ1v) is 8.07. The Labute approximate surface area is 143 Å². The van der Waals surface area contributed by atoms with Gasteiger partial charge in [-0.15, -0.1) is 0 Å². The maximum absolute atomic E-state index is 12.4. The number of nitrogens with zero attached hydrogens (tertiary/aromatic N) is 3. The second-order valence-electron chi connectivity index (χ2n) is 6.14. The predicted molar refractivity (Wildman–Crippen MR) is 89.1 cm³/mol. The zero-order valence-electron chi connectivity index (χ0n) is 13.7. The standard InChI is InChI=1S/C17H17N5O3/c1-10-7-14(25-9-10)17(24)22-6-5-11(22)8-18-16(23)12-3-2-4-13-15(12)20-21-19-13/h2-4,7,9,11H,5-6,8H2,1H3,(H,18,23)(H,19,20,21). The van der Waals surface area contributed by atoms with Gasteiger partial charge >= 0.3 is 0 Å². The number of aromatic nitrogens is 3. The SMILES string of the molecule is Cc1coc(C(=O)N2CCC2CNC(=O)c2cccc3n[nH]nc23)c1. The van der Waals surface area contributed by atoms with Crippen LogP contribution in [0.15, 0.2) is 34.9 Å². The molecule has 1 aromatic carbocycles. The molecule has 1 atom stereocenters. The summed E-state index contributed by atoms with van der Waals surface area (Å²) >= 11 is 0. The summed E-state index contributed by atoms with van der Waals surface area (Å²) in [6, 6.07) is 6.95. The number of carbonyl (C=O) groups is 2. The number of nitrogens with one attached hydrogen (secondary N) is 2. The van der Waals surface area contributed by atoms with Crippen molar-refractivity contribution in [3.63, 3.8) is 0 Å². The second-order valence-corrected chi connectivity index (χ2v) is 6.14. The number of aryl methyl sites for hydroxylation is 1. The summed E-state index contributed by atoms with van der Waals surface area (Å²) in [4.78, 5) is 26.6. The highest BCUT2D eigenvalue weighted by Gasteiger charge is 2.34. The van der Waals surface area contributed by atoms with Crippen LogP contribution in [-0.4, -0.2) is 51.3 Å². The number of H-pyrrole nitrogens is 1. The van der Waals surface area contributed by atoms with Crippen LogP contribution in [0.1, 0.15) is 32.9 Å². The van der Waals surface area contributed by atoms with Gasteiger partial charge in [-0.1, -0.05) is 6.07 Å². The number of hydrogen-bond donors (Lipinski definition) is 2. The minimum absolute atomic E-state index is 0.0293. The van der Waals surface area contributed by atoms with E-state index >= 15 is 0 Å². The van der Waals surface area contributed by atoms with Crippen molar-refractivity contribution in [2.75, 3.05) is 13.1 Å². The van der Waals surface area contributed by atoms with Gasteiger partial charge in [-0.05, 0) is 37.1 Å². The number of para-hydroxylation sites is 1. The van der Waals surface area contributed by atoms with E-state index in [-0.39, 0.29) is 17.9 Å². The molecule has 1 aliphatic heterocycles. The van der Waals surface area contributed by atoms with Crippen LogP contribution in [0.5, 0.6) is 0 Å². The zero-order valence-corrected chi connectivity index (χ0v) is 13.7. The molecule has 1 aliphatic rings. The van der Waals surface area contributed by atoms with Crippen molar-refractivity contribution in [2.45, 2.75) is 19.4 Å². The average Bonchev–Trinajstić information content (AvgIpc) is 3.21. The molecule has 2 aromatic heterocycles. The van der Waals surface area contributed by atoms with Gasteiger partial charge in [-0.3, -0.25) is 9.59 Å². The molecule has 1 unspecified atom stereocenters. The summed E-state index contributed by atoms with van der Waals surface area (Å²) in [7, 11) is 0. The van der Waals surface area contributed by atoms with E-state index in [9.17, 15) is 9.59 Å². The Balaban J connectivity index is 1.40. The molecule has 0 spiro atoms. The van der Waals surface area contributed by atoms with Crippen LogP contribution >= 0.6 is 0 Å². The van der Waals surface area contributed by atoms with Crippen molar-refractivity contribution in [1.82, 2.24) is 25.6 Å². The van der Waals surface area contributed by atoms with Gasteiger partial charge in [0, 0.05) is 13.1 Å². The molecule has 0 bridgehead atoms. The van der Waals surface area contributed by atoms with Crippen LogP contribution in [0, 0.1) is 6.92 Å². The maximum atomic E-state index is 12.4. The molecule has 0 radical (unpaired) electrons. The Morgan fingerprint density at radius 3 is 3.00 bits per heavy atom. The van der Waals surface area contributed by atoms with Gasteiger partial charge in [0.15, 0.2) is 5.76 Å². The van der Waals surface area contributed by atoms with E-state index < -0.39 is 0 Å². The van der Waals surface area contributed by atoms with Crippen LogP contribution in [0.3, 0.4) is 0 Å². The Morgan fingerprint density at radius 2 is 2.28 bits per heavy atom. The van der Waals surface area contributed by atoms with Gasteiger partial charge in [0.1, 0.15) is 11.0 Å². The summed E-state index contributed by atoms with van der Waals surface area (Å²) < 4.78 is 5.27. The van der Waals surface area contributed by atoms with Gasteiger partial charge in [-0.25, -0.2) is 0 Å². The molecule has 8 nitrogen and oxygen atoms in total. The van der Waals surface area contributed by atoms with Crippen molar-refractivity contribution < 1.29 is 14.0 Å². The summed E-state index contributed by atoms with van der Waals surface area (Å²) in [6.45, 7) is 2.93. The lowest BCUT2D eigenvalue weighted by Crippen LogP contribution is -2.55. The fourth-order valence-corrected chi connectivity index (χ4v) is 2.96. The normalized spacial score (nSPS) is 16.7. The summed E-state index contributed by atoms with van der Waals surface area (Å²) in [5.74, 6) is -0.0364. The van der Waals surface area contributed by atoms with Crippen LogP contribution in [0.4, 0.5) is 0 Å². The molecule has 2 N–H and O–H groups in total. The molecule has 1 fully saturated rings. The lowest BCUT2D eigenvalue weighted by Gasteiger charge is -2.40. The van der Waals surface area contributed by atoms with Crippen molar-refractivity contribution in [1.29, 1.82) is 0 Å². The Hall–Kier alpha value is -3.16. The number of aromatic amines is 1. The van der Waals surface area contributed by atoms with Gasteiger partial charge < -0.3 is 14.6 Å². The molecular weight excluding hydrogens is 322 g/mol. The largest absolute Gasteiger partial charge is 0.459 e. The molecule has 3 aromatic rings. The highest BCUT2D eigenvalue weighted by molar-refractivity contribution is 6.04. The molecule has 0 aliphatic carbocycles. The van der Waals surface area contributed by atoms with E-state index in [1.165, 1.54) is 0 Å². The molecule has 3 heterocycles. The Bertz CT molecular complexity index is 945. The van der Waals surface area contributed by atoms with Crippen LogP contribution in [0.2, 0.25) is 0 Å². The van der Waals surface area contributed by atoms with Gasteiger partial charge in [0.05, 0.1) is 17.9 Å². The van der Waals surface area contributed by atoms with Crippen molar-refractivity contribution in [2.24, 2.45) is 0 Å². The first-order chi connectivity index (χ1) is 12.1. The van der Waals surface area contributed by atoms with Crippen LogP contribution < -0.4 is 5.32 Å². The molecule has 8 heteroatoms. The van der Waals surface area contributed by atoms with Crippen molar-refractivity contribution >= 4 is 22.8 Å². The fourth-order valence-electron chi connectivity index (χ4n) is 2.96. The monoisotopic (exact) mass is 339 g/mol. The minimum Gasteiger partial charge on any atom is -0.459 e. The van der Waals surface area contributed by atoms with Gasteiger partial charge in [0.2, 0.25) is 0 Å². The number of fused-ring (bicyclic) bond motifs is 1. The van der Waals surface area contributed by atoms with Crippen LogP contribution in [0.25, 0.3) is 11.0 Å². The lowest BCUT2D eigenvalue weighted by molar-refractivity contribution is 0.0425. The lowest BCUT2D eigenvalue weighted by atomic mass is 10.0. The highest BCUT2D eigenvalue weighted by atomic mass is 16.3. The third kappa shape index (κ3) is 2.75. The van der Waals surface area contributed by atoms with E-state index in [0.29, 0.717) is 35.4 Å². The number of furan rings is 1. The second kappa shape index (κ2) is 6.04. The van der Waals surface area contributed by atoms with Gasteiger partial charge in [0.25, 0.3) is 11.8 Å². The molecule has 25 heavy (non-hydrogen) atoms. The number of likely N-dealkylation sites (tertiary alicyclic amines) is 1. The number of hydrogen-bond acceptors (Lipinski definition) is 5. The zero-order chi connectivity index (χ0) is 17.4. The first kappa shape index (κ1) is 15.4. The predicted octanol–water partition coefficient (Wildman–Crippen LogP) is 1.50. The number of carbonyl (C=O) groups excluding carboxylic acids is 2. The first-order valence-electron chi connectivity index (χ1n) is 8.07. The Kier molecular flexibility index (Phi) is 3.72. The van der Waals surface area contributed by atoms with E-state index in [4.69, 9.17) is 4.42 Å². The van der Waals surface area contributed by atoms with E-state index in [2.05, 4.69) is 20.7 Å². The van der Waals surface area contributed by atoms with Crippen LogP contribution in [-0.2, 0) is 0 Å².